The van der Waals surface area contributed by atoms with Gasteiger partial charge in [-0.2, -0.15) is 0 Å². The summed E-state index contributed by atoms with van der Waals surface area (Å²) >= 11 is 1.31. The van der Waals surface area contributed by atoms with Gasteiger partial charge in [0.1, 0.15) is 28.9 Å². The molecule has 3 aromatic carbocycles. The van der Waals surface area contributed by atoms with Crippen LogP contribution in [0.15, 0.2) is 112 Å². The molecule has 0 spiro atoms. The fourth-order valence-electron chi connectivity index (χ4n) is 5.10. The summed E-state index contributed by atoms with van der Waals surface area (Å²) in [5.74, 6) is -0.800. The van der Waals surface area contributed by atoms with Crippen LogP contribution in [-0.4, -0.2) is 58.5 Å². The number of carbonyl (C=O) groups excluding carboxylic acids is 2. The van der Waals surface area contributed by atoms with E-state index in [1.807, 2.05) is 72.8 Å². The van der Waals surface area contributed by atoms with Gasteiger partial charge in [-0.05, 0) is 49.9 Å². The number of aromatic amines is 2. The molecule has 0 aliphatic heterocycles. The molecule has 12 nitrogen and oxygen atoms in total. The number of fused-ring (bicyclic) bond motifs is 1. The summed E-state index contributed by atoms with van der Waals surface area (Å²) in [5, 5.41) is 6.04. The van der Waals surface area contributed by atoms with Crippen LogP contribution in [0, 0.1) is 0 Å². The van der Waals surface area contributed by atoms with Gasteiger partial charge in [0.25, 0.3) is 5.56 Å². The predicted octanol–water partition coefficient (Wildman–Crippen LogP) is 5.46. The standard InChI is InChI=1S/C35H38N5O7PS/c1-3-45-34(42)26(19-24-13-7-5-8-14-24)39-48(44,40-27(35(43)46-4-2)20-25-15-9-6-10-16-25)23-47-28-17-11-12-18-29(28)49-30-21-36-32-31(30)37-22-38-33(32)41/h5-18,21-22,26-27,36H,3-4,19-20,23H2,1-2H3,(H,37,38,41)(H2,39,40,44)/t26-,27-/m0/s1. The molecule has 0 saturated carbocycles. The Morgan fingerprint density at radius 1 is 0.796 bits per heavy atom. The van der Waals surface area contributed by atoms with E-state index in [0.29, 0.717) is 26.6 Å². The molecular formula is C35H38N5O7PS. The Bertz CT molecular complexity index is 1880. The Balaban J connectivity index is 1.46. The smallest absolute Gasteiger partial charge is 0.323 e. The third kappa shape index (κ3) is 9.70. The van der Waals surface area contributed by atoms with Crippen molar-refractivity contribution in [3.05, 3.63) is 119 Å². The summed E-state index contributed by atoms with van der Waals surface area (Å²) < 4.78 is 32.0. The van der Waals surface area contributed by atoms with Gasteiger partial charge in [-0.3, -0.25) is 18.9 Å². The van der Waals surface area contributed by atoms with Crippen LogP contribution in [0.4, 0.5) is 0 Å². The molecular weight excluding hydrogens is 665 g/mol. The largest absolute Gasteiger partial charge is 0.482 e. The number of ether oxygens (including phenoxy) is 3. The zero-order valence-electron chi connectivity index (χ0n) is 27.1. The highest BCUT2D eigenvalue weighted by atomic mass is 32.2. The van der Waals surface area contributed by atoms with Gasteiger partial charge in [-0.25, -0.2) is 15.2 Å². The molecule has 14 heteroatoms. The molecule has 0 aliphatic rings. The summed E-state index contributed by atoms with van der Waals surface area (Å²) in [7, 11) is -3.96. The lowest BCUT2D eigenvalue weighted by atomic mass is 10.1. The third-order valence-electron chi connectivity index (χ3n) is 7.34. The monoisotopic (exact) mass is 703 g/mol. The number of nitrogens with zero attached hydrogens (tertiary/aromatic N) is 1. The summed E-state index contributed by atoms with van der Waals surface area (Å²) in [6.45, 7) is 3.64. The Hall–Kier alpha value is -4.68. The van der Waals surface area contributed by atoms with Crippen LogP contribution in [0.1, 0.15) is 25.0 Å². The number of esters is 2. The quantitative estimate of drug-likeness (QED) is 0.0718. The second kappa shape index (κ2) is 17.1. The summed E-state index contributed by atoms with van der Waals surface area (Å²) in [6.07, 6.45) is 2.93. The highest BCUT2D eigenvalue weighted by Crippen LogP contribution is 2.42. The first kappa shape index (κ1) is 35.6. The average Bonchev–Trinajstić information content (AvgIpc) is 3.52. The van der Waals surface area contributed by atoms with Crippen LogP contribution in [-0.2, 0) is 36.5 Å². The van der Waals surface area contributed by atoms with E-state index in [4.69, 9.17) is 14.2 Å². The van der Waals surface area contributed by atoms with Crippen molar-refractivity contribution in [3.63, 3.8) is 0 Å². The number of aromatic nitrogens is 3. The molecule has 49 heavy (non-hydrogen) atoms. The molecule has 0 amide bonds. The van der Waals surface area contributed by atoms with E-state index in [-0.39, 0.29) is 31.6 Å². The van der Waals surface area contributed by atoms with Crippen molar-refractivity contribution in [2.24, 2.45) is 0 Å². The molecule has 2 heterocycles. The summed E-state index contributed by atoms with van der Waals surface area (Å²) in [6, 6.07) is 23.7. The lowest BCUT2D eigenvalue weighted by molar-refractivity contribution is -0.145. The van der Waals surface area contributed by atoms with E-state index in [1.165, 1.54) is 18.1 Å². The van der Waals surface area contributed by atoms with Crippen LogP contribution >= 0.6 is 19.2 Å². The van der Waals surface area contributed by atoms with E-state index < -0.39 is 37.8 Å². The van der Waals surface area contributed by atoms with Gasteiger partial charge in [-0.15, -0.1) is 0 Å². The molecule has 0 fully saturated rings. The van der Waals surface area contributed by atoms with Crippen molar-refractivity contribution >= 4 is 42.2 Å². The van der Waals surface area contributed by atoms with E-state index in [2.05, 4.69) is 25.1 Å². The molecule has 0 radical (unpaired) electrons. The zero-order chi connectivity index (χ0) is 34.6. The normalized spacial score (nSPS) is 12.7. The number of rotatable bonds is 17. The van der Waals surface area contributed by atoms with E-state index in [0.717, 1.165) is 11.1 Å². The van der Waals surface area contributed by atoms with Crippen LogP contribution in [0.3, 0.4) is 0 Å². The molecule has 5 rings (SSSR count). The molecule has 0 aliphatic carbocycles. The van der Waals surface area contributed by atoms with Crippen molar-refractivity contribution in [2.45, 2.75) is 48.6 Å². The highest BCUT2D eigenvalue weighted by molar-refractivity contribution is 7.99. The number of nitrogens with one attached hydrogen (secondary N) is 4. The lowest BCUT2D eigenvalue weighted by Crippen LogP contribution is -2.46. The second-order valence-electron chi connectivity index (χ2n) is 10.9. The number of H-pyrrole nitrogens is 2. The fourth-order valence-corrected chi connectivity index (χ4v) is 8.03. The Morgan fingerprint density at radius 2 is 1.35 bits per heavy atom. The van der Waals surface area contributed by atoms with Crippen LogP contribution in [0.2, 0.25) is 0 Å². The molecule has 4 N–H and O–H groups in total. The minimum absolute atomic E-state index is 0.124. The number of hydrogen-bond donors (Lipinski definition) is 4. The first-order chi connectivity index (χ1) is 23.8. The SMILES string of the molecule is CCOC(=O)[C@H](Cc1ccccc1)NP(=O)(COc1ccccc1Sc1c[nH]c2c(=O)[nH]cnc12)N[C@@H](Cc1ccccc1)C(=O)OCC. The molecule has 0 bridgehead atoms. The van der Waals surface area contributed by atoms with Crippen LogP contribution in [0.5, 0.6) is 5.75 Å². The van der Waals surface area contributed by atoms with Gasteiger partial charge < -0.3 is 24.2 Å². The Morgan fingerprint density at radius 3 is 1.92 bits per heavy atom. The number of benzene rings is 3. The molecule has 0 unspecified atom stereocenters. The molecule has 2 aromatic heterocycles. The average molecular weight is 704 g/mol. The van der Waals surface area contributed by atoms with Crippen LogP contribution < -0.4 is 20.5 Å². The minimum Gasteiger partial charge on any atom is -0.482 e. The van der Waals surface area contributed by atoms with Crippen LogP contribution in [0.25, 0.3) is 11.0 Å². The zero-order valence-corrected chi connectivity index (χ0v) is 28.8. The summed E-state index contributed by atoms with van der Waals surface area (Å²) in [4.78, 5) is 49.9. The Kier molecular flexibility index (Phi) is 12.4. The van der Waals surface area contributed by atoms with Gasteiger partial charge in [0.05, 0.1) is 29.3 Å². The van der Waals surface area contributed by atoms with Crippen molar-refractivity contribution in [3.8, 4) is 5.75 Å². The van der Waals surface area contributed by atoms with Gasteiger partial charge in [-0.1, -0.05) is 84.6 Å². The maximum atomic E-state index is 15.0. The second-order valence-corrected chi connectivity index (χ2v) is 14.3. The highest BCUT2D eigenvalue weighted by Gasteiger charge is 2.36. The maximum absolute atomic E-state index is 15.0. The lowest BCUT2D eigenvalue weighted by Gasteiger charge is -2.29. The van der Waals surface area contributed by atoms with Crippen molar-refractivity contribution in [2.75, 3.05) is 19.6 Å². The van der Waals surface area contributed by atoms with Crippen molar-refractivity contribution in [1.29, 1.82) is 0 Å². The van der Waals surface area contributed by atoms with Crippen molar-refractivity contribution < 1.29 is 28.4 Å². The molecule has 5 aromatic rings. The summed E-state index contributed by atoms with van der Waals surface area (Å²) in [5.41, 5.74) is 2.18. The van der Waals surface area contributed by atoms with Gasteiger partial charge in [0, 0.05) is 6.20 Å². The molecule has 0 saturated heterocycles. The van der Waals surface area contributed by atoms with E-state index in [1.54, 1.807) is 32.2 Å². The third-order valence-corrected chi connectivity index (χ3v) is 10.4. The Labute approximate surface area is 287 Å². The van der Waals surface area contributed by atoms with Gasteiger partial charge in [0.15, 0.2) is 6.35 Å². The molecule has 2 atom stereocenters. The van der Waals surface area contributed by atoms with Crippen molar-refractivity contribution in [1.82, 2.24) is 25.1 Å². The number of para-hydroxylation sites is 1. The topological polar surface area (TPSA) is 164 Å². The predicted molar refractivity (Wildman–Crippen MR) is 188 cm³/mol. The fraction of sp³-hybridized carbons (Fsp3) is 0.257. The first-order valence-corrected chi connectivity index (χ1v) is 18.5. The van der Waals surface area contributed by atoms with Gasteiger partial charge in [0.2, 0.25) is 7.44 Å². The molecule has 256 valence electrons. The van der Waals surface area contributed by atoms with Gasteiger partial charge >= 0.3 is 11.9 Å². The van der Waals surface area contributed by atoms with E-state index >= 15 is 4.57 Å². The number of carbonyl (C=O) groups is 2. The number of hydrogen-bond acceptors (Lipinski definition) is 9. The first-order valence-electron chi connectivity index (χ1n) is 15.8. The minimum atomic E-state index is -3.96. The maximum Gasteiger partial charge on any atom is 0.323 e. The van der Waals surface area contributed by atoms with E-state index in [9.17, 15) is 14.4 Å².